The van der Waals surface area contributed by atoms with Gasteiger partial charge in [0.25, 0.3) is 0 Å². The molecule has 2 heterocycles. The van der Waals surface area contributed by atoms with Crippen LogP contribution >= 0.6 is 11.8 Å². The van der Waals surface area contributed by atoms with Gasteiger partial charge in [-0.3, -0.25) is 9.78 Å². The predicted octanol–water partition coefficient (Wildman–Crippen LogP) is 3.41. The van der Waals surface area contributed by atoms with Crippen LogP contribution in [0.2, 0.25) is 0 Å². The molecule has 0 spiro atoms. The Morgan fingerprint density at radius 2 is 1.82 bits per heavy atom. The van der Waals surface area contributed by atoms with E-state index >= 15 is 0 Å². The molecule has 0 amide bonds. The monoisotopic (exact) mass is 239 g/mol. The molecular formula is C14H9NOS. The second-order valence-electron chi connectivity index (χ2n) is 3.72. The molecule has 0 fully saturated rings. The van der Waals surface area contributed by atoms with Gasteiger partial charge in [0.15, 0.2) is 0 Å². The van der Waals surface area contributed by atoms with E-state index in [-0.39, 0.29) is 5.78 Å². The van der Waals surface area contributed by atoms with E-state index in [1.807, 2.05) is 42.5 Å². The van der Waals surface area contributed by atoms with E-state index in [1.165, 1.54) is 11.8 Å². The van der Waals surface area contributed by atoms with Crippen LogP contribution in [0.3, 0.4) is 0 Å². The van der Waals surface area contributed by atoms with Crippen LogP contribution in [0.1, 0.15) is 15.9 Å². The summed E-state index contributed by atoms with van der Waals surface area (Å²) < 4.78 is 0. The van der Waals surface area contributed by atoms with Gasteiger partial charge >= 0.3 is 0 Å². The van der Waals surface area contributed by atoms with Crippen LogP contribution < -0.4 is 0 Å². The zero-order chi connectivity index (χ0) is 11.7. The first kappa shape index (κ1) is 10.3. The molecule has 3 rings (SSSR count). The van der Waals surface area contributed by atoms with Crippen molar-refractivity contribution < 1.29 is 4.79 Å². The van der Waals surface area contributed by atoms with Gasteiger partial charge in [0.05, 0.1) is 4.91 Å². The van der Waals surface area contributed by atoms with Crippen molar-refractivity contribution in [1.82, 2.24) is 4.98 Å². The predicted molar refractivity (Wildman–Crippen MR) is 68.8 cm³/mol. The van der Waals surface area contributed by atoms with Gasteiger partial charge in [-0.05, 0) is 35.9 Å². The maximum atomic E-state index is 12.1. The average molecular weight is 239 g/mol. The molecule has 2 aromatic rings. The average Bonchev–Trinajstić information content (AvgIpc) is 2.68. The van der Waals surface area contributed by atoms with Crippen molar-refractivity contribution in [2.75, 3.05) is 0 Å². The number of nitrogens with zero attached hydrogens (tertiary/aromatic N) is 1. The van der Waals surface area contributed by atoms with Crippen LogP contribution in [0.4, 0.5) is 0 Å². The van der Waals surface area contributed by atoms with Crippen LogP contribution in [0, 0.1) is 0 Å². The zero-order valence-electron chi connectivity index (χ0n) is 8.96. The Morgan fingerprint density at radius 3 is 2.59 bits per heavy atom. The minimum Gasteiger partial charge on any atom is -0.288 e. The van der Waals surface area contributed by atoms with Gasteiger partial charge in [-0.15, -0.1) is 0 Å². The molecule has 0 saturated carbocycles. The molecule has 0 bridgehead atoms. The lowest BCUT2D eigenvalue weighted by Crippen LogP contribution is -1.93. The van der Waals surface area contributed by atoms with E-state index < -0.39 is 0 Å². The molecule has 0 radical (unpaired) electrons. The molecule has 17 heavy (non-hydrogen) atoms. The lowest BCUT2D eigenvalue weighted by atomic mass is 10.1. The van der Waals surface area contributed by atoms with Crippen LogP contribution in [0.25, 0.3) is 6.08 Å². The minimum atomic E-state index is 0.113. The van der Waals surface area contributed by atoms with Gasteiger partial charge in [-0.1, -0.05) is 23.9 Å². The SMILES string of the molecule is O=C1/C(=C\c2ccncc2)Sc2ccccc21. The van der Waals surface area contributed by atoms with E-state index in [9.17, 15) is 4.79 Å². The van der Waals surface area contributed by atoms with E-state index in [0.29, 0.717) is 0 Å². The standard InChI is InChI=1S/C14H9NOS/c16-14-11-3-1-2-4-12(11)17-13(14)9-10-5-7-15-8-6-10/h1-9H/b13-9+. The molecular weight excluding hydrogens is 230 g/mol. The number of aromatic nitrogens is 1. The van der Waals surface area contributed by atoms with Crippen LogP contribution in [-0.4, -0.2) is 10.8 Å². The van der Waals surface area contributed by atoms with E-state index in [4.69, 9.17) is 0 Å². The fourth-order valence-corrected chi connectivity index (χ4v) is 2.80. The molecule has 2 nitrogen and oxygen atoms in total. The van der Waals surface area contributed by atoms with Gasteiger partial charge in [0.2, 0.25) is 5.78 Å². The Bertz CT molecular complexity index is 605. The summed E-state index contributed by atoms with van der Waals surface area (Å²) in [7, 11) is 0. The quantitative estimate of drug-likeness (QED) is 0.714. The van der Waals surface area contributed by atoms with Gasteiger partial charge in [-0.25, -0.2) is 0 Å². The molecule has 0 saturated heterocycles. The topological polar surface area (TPSA) is 30.0 Å². The number of hydrogen-bond donors (Lipinski definition) is 0. The van der Waals surface area contributed by atoms with Crippen LogP contribution in [-0.2, 0) is 0 Å². The van der Waals surface area contributed by atoms with E-state index in [2.05, 4.69) is 4.98 Å². The molecule has 3 heteroatoms. The number of carbonyl (C=O) groups excluding carboxylic acids is 1. The summed E-state index contributed by atoms with van der Waals surface area (Å²) in [5, 5.41) is 0. The van der Waals surface area contributed by atoms with Crippen molar-refractivity contribution in [1.29, 1.82) is 0 Å². The third kappa shape index (κ3) is 1.89. The largest absolute Gasteiger partial charge is 0.288 e. The van der Waals surface area contributed by atoms with Crippen molar-refractivity contribution in [3.63, 3.8) is 0 Å². The first-order valence-corrected chi connectivity index (χ1v) is 6.09. The highest BCUT2D eigenvalue weighted by molar-refractivity contribution is 8.04. The summed E-state index contributed by atoms with van der Waals surface area (Å²) >= 11 is 1.53. The number of Topliss-reactive ketones (excluding diaryl/α,β-unsaturated/α-hetero) is 1. The van der Waals surface area contributed by atoms with Crippen molar-refractivity contribution >= 4 is 23.6 Å². The first-order valence-electron chi connectivity index (χ1n) is 5.28. The van der Waals surface area contributed by atoms with E-state index in [0.717, 1.165) is 20.9 Å². The summed E-state index contributed by atoms with van der Waals surface area (Å²) in [5.74, 6) is 0.113. The van der Waals surface area contributed by atoms with Gasteiger partial charge < -0.3 is 0 Å². The van der Waals surface area contributed by atoms with Gasteiger partial charge in [0, 0.05) is 22.9 Å². The molecule has 1 aromatic heterocycles. The molecule has 1 aliphatic heterocycles. The Kier molecular flexibility index (Phi) is 2.53. The fraction of sp³-hybridized carbons (Fsp3) is 0. The van der Waals surface area contributed by atoms with E-state index in [1.54, 1.807) is 12.4 Å². The minimum absolute atomic E-state index is 0.113. The number of allylic oxidation sites excluding steroid dienone is 1. The third-order valence-electron chi connectivity index (χ3n) is 2.58. The van der Waals surface area contributed by atoms with Crippen LogP contribution in [0.15, 0.2) is 58.6 Å². The van der Waals surface area contributed by atoms with Gasteiger partial charge in [-0.2, -0.15) is 0 Å². The zero-order valence-corrected chi connectivity index (χ0v) is 9.78. The Labute approximate surface area is 103 Å². The number of thioether (sulfide) groups is 1. The molecule has 0 unspecified atom stereocenters. The number of pyridine rings is 1. The van der Waals surface area contributed by atoms with Crippen molar-refractivity contribution in [3.05, 3.63) is 64.8 Å². The summed E-state index contributed by atoms with van der Waals surface area (Å²) in [6.45, 7) is 0. The lowest BCUT2D eigenvalue weighted by Gasteiger charge is -1.94. The molecule has 0 atom stereocenters. The van der Waals surface area contributed by atoms with Crippen molar-refractivity contribution in [2.24, 2.45) is 0 Å². The number of hydrogen-bond acceptors (Lipinski definition) is 3. The van der Waals surface area contributed by atoms with Gasteiger partial charge in [0.1, 0.15) is 0 Å². The number of carbonyl (C=O) groups is 1. The molecule has 0 aliphatic carbocycles. The molecule has 82 valence electrons. The molecule has 1 aliphatic rings. The maximum Gasteiger partial charge on any atom is 0.200 e. The number of ketones is 1. The second kappa shape index (κ2) is 4.18. The highest BCUT2D eigenvalue weighted by atomic mass is 32.2. The molecule has 1 aromatic carbocycles. The van der Waals surface area contributed by atoms with Crippen LogP contribution in [0.5, 0.6) is 0 Å². The number of fused-ring (bicyclic) bond motifs is 1. The summed E-state index contributed by atoms with van der Waals surface area (Å²) in [5.41, 5.74) is 1.81. The summed E-state index contributed by atoms with van der Waals surface area (Å²) in [6.07, 6.45) is 5.36. The summed E-state index contributed by atoms with van der Waals surface area (Å²) in [4.78, 5) is 17.9. The van der Waals surface area contributed by atoms with Crippen molar-refractivity contribution in [3.8, 4) is 0 Å². The Morgan fingerprint density at radius 1 is 1.06 bits per heavy atom. The molecule has 0 N–H and O–H groups in total. The highest BCUT2D eigenvalue weighted by Gasteiger charge is 2.24. The lowest BCUT2D eigenvalue weighted by molar-refractivity contribution is 0.104. The number of rotatable bonds is 1. The normalized spacial score (nSPS) is 16.2. The first-order chi connectivity index (χ1) is 8.34. The Balaban J connectivity index is 2.00. The smallest absolute Gasteiger partial charge is 0.200 e. The second-order valence-corrected chi connectivity index (χ2v) is 4.80. The maximum absolute atomic E-state index is 12.1. The fourth-order valence-electron chi connectivity index (χ4n) is 1.75. The van der Waals surface area contributed by atoms with Crippen molar-refractivity contribution in [2.45, 2.75) is 4.90 Å². The number of benzene rings is 1. The highest BCUT2D eigenvalue weighted by Crippen LogP contribution is 2.40. The third-order valence-corrected chi connectivity index (χ3v) is 3.68. The Hall–Kier alpha value is -1.87. The summed E-state index contributed by atoms with van der Waals surface area (Å²) in [6, 6.07) is 11.5.